The number of carbonyl (C=O) groups is 1. The molecular weight excluding hydrogens is 468 g/mol. The van der Waals surface area contributed by atoms with Crippen molar-refractivity contribution in [2.24, 2.45) is 0 Å². The average molecular weight is 499 g/mol. The van der Waals surface area contributed by atoms with Crippen molar-refractivity contribution in [2.45, 2.75) is 0 Å². The van der Waals surface area contributed by atoms with Gasteiger partial charge < -0.3 is 25.2 Å². The number of hydrogen-bond donors (Lipinski definition) is 2. The van der Waals surface area contributed by atoms with Gasteiger partial charge in [-0.1, -0.05) is 24.8 Å². The van der Waals surface area contributed by atoms with E-state index in [1.54, 1.807) is 19.4 Å². The van der Waals surface area contributed by atoms with Crippen LogP contribution in [0.25, 0.3) is 22.3 Å². The van der Waals surface area contributed by atoms with Gasteiger partial charge in [-0.05, 0) is 38.4 Å². The normalized spacial score (nSPS) is 10.8. The third-order valence-electron chi connectivity index (χ3n) is 5.75. The first kappa shape index (κ1) is 25.5. The molecule has 0 aliphatic rings. The molecule has 0 bridgehead atoms. The Morgan fingerprint density at radius 2 is 1.86 bits per heavy atom. The lowest BCUT2D eigenvalue weighted by Gasteiger charge is -2.26. The molecule has 0 saturated heterocycles. The molecule has 0 saturated carbocycles. The Morgan fingerprint density at radius 1 is 1.05 bits per heavy atom. The molecule has 2 aromatic heterocycles. The molecule has 0 aliphatic heterocycles. The van der Waals surface area contributed by atoms with Gasteiger partial charge in [0.15, 0.2) is 5.82 Å². The largest absolute Gasteiger partial charge is 0.494 e. The number of aromatic nitrogens is 4. The molecule has 190 valence electrons. The number of fused-ring (bicyclic) bond motifs is 1. The molecule has 0 radical (unpaired) electrons. The van der Waals surface area contributed by atoms with Crippen LogP contribution in [0.1, 0.15) is 0 Å². The zero-order valence-corrected chi connectivity index (χ0v) is 21.4. The van der Waals surface area contributed by atoms with Crippen LogP contribution in [0.3, 0.4) is 0 Å². The SMILES string of the molecule is C=CC(=O)Nc1cc(Nc2ncnc(-c3cccc4cccnc34)n2)c(OC)cc1N(C)CCN(C)C. The molecule has 10 heteroatoms. The van der Waals surface area contributed by atoms with Crippen molar-refractivity contribution in [3.8, 4) is 17.1 Å². The van der Waals surface area contributed by atoms with E-state index in [-0.39, 0.29) is 5.91 Å². The van der Waals surface area contributed by atoms with Crippen LogP contribution in [-0.4, -0.2) is 72.1 Å². The van der Waals surface area contributed by atoms with Gasteiger partial charge in [-0.15, -0.1) is 0 Å². The van der Waals surface area contributed by atoms with Crippen molar-refractivity contribution < 1.29 is 9.53 Å². The molecule has 0 aliphatic carbocycles. The highest BCUT2D eigenvalue weighted by molar-refractivity contribution is 6.02. The van der Waals surface area contributed by atoms with Gasteiger partial charge in [0.1, 0.15) is 12.1 Å². The maximum absolute atomic E-state index is 12.2. The van der Waals surface area contributed by atoms with Crippen molar-refractivity contribution in [3.63, 3.8) is 0 Å². The Balaban J connectivity index is 1.71. The minimum Gasteiger partial charge on any atom is -0.494 e. The van der Waals surface area contributed by atoms with E-state index in [1.807, 2.05) is 57.5 Å². The Labute approximate surface area is 216 Å². The van der Waals surface area contributed by atoms with Crippen LogP contribution in [0.15, 0.2) is 67.6 Å². The first-order chi connectivity index (χ1) is 17.9. The molecule has 4 rings (SSSR count). The fraction of sp³-hybridized carbons (Fsp3) is 0.222. The molecule has 0 spiro atoms. The van der Waals surface area contributed by atoms with Gasteiger partial charge in [-0.3, -0.25) is 9.78 Å². The standard InChI is InChI=1S/C27H30N8O2/c1-6-24(36)31-20-15-21(23(37-5)16-22(20)35(4)14-13-34(2)3)32-27-30-17-29-26(33-27)19-11-7-9-18-10-8-12-28-25(18)19/h6-12,15-17H,1,13-14H2,2-5H3,(H,31,36)(H,29,30,32,33). The summed E-state index contributed by atoms with van der Waals surface area (Å²) in [5.41, 5.74) is 3.59. The summed E-state index contributed by atoms with van der Waals surface area (Å²) in [5.74, 6) is 1.06. The fourth-order valence-electron chi connectivity index (χ4n) is 3.80. The molecule has 37 heavy (non-hydrogen) atoms. The summed E-state index contributed by atoms with van der Waals surface area (Å²) in [6, 6.07) is 13.4. The van der Waals surface area contributed by atoms with E-state index >= 15 is 0 Å². The highest BCUT2D eigenvalue weighted by Crippen LogP contribution is 2.38. The van der Waals surface area contributed by atoms with Gasteiger partial charge >= 0.3 is 0 Å². The highest BCUT2D eigenvalue weighted by atomic mass is 16.5. The lowest BCUT2D eigenvalue weighted by molar-refractivity contribution is -0.111. The predicted octanol–water partition coefficient (Wildman–Crippen LogP) is 3.96. The van der Waals surface area contributed by atoms with Gasteiger partial charge in [0.05, 0.1) is 29.7 Å². The smallest absolute Gasteiger partial charge is 0.247 e. The van der Waals surface area contributed by atoms with E-state index in [9.17, 15) is 4.79 Å². The van der Waals surface area contributed by atoms with Gasteiger partial charge in [0.25, 0.3) is 0 Å². The predicted molar refractivity (Wildman–Crippen MR) is 147 cm³/mol. The number of methoxy groups -OCH3 is 1. The lowest BCUT2D eigenvalue weighted by Crippen LogP contribution is -2.29. The van der Waals surface area contributed by atoms with E-state index in [4.69, 9.17) is 4.74 Å². The molecule has 2 heterocycles. The number of amides is 1. The van der Waals surface area contributed by atoms with Crippen LogP contribution >= 0.6 is 0 Å². The van der Waals surface area contributed by atoms with Crippen molar-refractivity contribution >= 4 is 39.8 Å². The maximum Gasteiger partial charge on any atom is 0.247 e. The van der Waals surface area contributed by atoms with Crippen molar-refractivity contribution in [3.05, 3.63) is 67.6 Å². The molecule has 1 amide bonds. The number of anilines is 4. The van der Waals surface area contributed by atoms with E-state index in [0.717, 1.165) is 35.2 Å². The quantitative estimate of drug-likeness (QED) is 0.314. The number of para-hydroxylation sites is 1. The summed E-state index contributed by atoms with van der Waals surface area (Å²) in [4.78, 5) is 34.2. The van der Waals surface area contributed by atoms with E-state index in [0.29, 0.717) is 28.9 Å². The van der Waals surface area contributed by atoms with Gasteiger partial charge in [-0.25, -0.2) is 9.97 Å². The van der Waals surface area contributed by atoms with Crippen molar-refractivity contribution in [1.29, 1.82) is 0 Å². The Kier molecular flexibility index (Phi) is 7.89. The number of likely N-dealkylation sites (N-methyl/N-ethyl adjacent to an activating group) is 2. The highest BCUT2D eigenvalue weighted by Gasteiger charge is 2.17. The molecule has 0 unspecified atom stereocenters. The first-order valence-electron chi connectivity index (χ1n) is 11.7. The first-order valence-corrected chi connectivity index (χ1v) is 11.7. The molecule has 10 nitrogen and oxygen atoms in total. The second-order valence-electron chi connectivity index (χ2n) is 8.63. The van der Waals surface area contributed by atoms with Crippen LogP contribution in [0.5, 0.6) is 5.75 Å². The Hall–Kier alpha value is -4.57. The fourth-order valence-corrected chi connectivity index (χ4v) is 3.80. The Morgan fingerprint density at radius 3 is 2.62 bits per heavy atom. The van der Waals surface area contributed by atoms with Crippen molar-refractivity contribution in [2.75, 3.05) is 56.9 Å². The second-order valence-corrected chi connectivity index (χ2v) is 8.63. The number of nitrogens with zero attached hydrogens (tertiary/aromatic N) is 6. The summed E-state index contributed by atoms with van der Waals surface area (Å²) >= 11 is 0. The summed E-state index contributed by atoms with van der Waals surface area (Å²) < 4.78 is 5.68. The topological polar surface area (TPSA) is 108 Å². The van der Waals surface area contributed by atoms with Gasteiger partial charge in [-0.2, -0.15) is 4.98 Å². The molecule has 0 atom stereocenters. The van der Waals surface area contributed by atoms with E-state index in [2.05, 4.69) is 46.9 Å². The maximum atomic E-state index is 12.2. The van der Waals surface area contributed by atoms with Crippen LogP contribution in [-0.2, 0) is 4.79 Å². The zero-order chi connectivity index (χ0) is 26.4. The minimum atomic E-state index is -0.315. The van der Waals surface area contributed by atoms with Crippen LogP contribution < -0.4 is 20.3 Å². The van der Waals surface area contributed by atoms with Crippen LogP contribution in [0.2, 0.25) is 0 Å². The number of carbonyl (C=O) groups excluding carboxylic acids is 1. The van der Waals surface area contributed by atoms with Crippen molar-refractivity contribution in [1.82, 2.24) is 24.8 Å². The molecular formula is C27H30N8O2. The number of ether oxygens (including phenoxy) is 1. The number of hydrogen-bond acceptors (Lipinski definition) is 9. The zero-order valence-electron chi connectivity index (χ0n) is 21.4. The second kappa shape index (κ2) is 11.4. The molecule has 2 aromatic carbocycles. The summed E-state index contributed by atoms with van der Waals surface area (Å²) in [6.07, 6.45) is 4.42. The lowest BCUT2D eigenvalue weighted by atomic mass is 10.1. The van der Waals surface area contributed by atoms with Gasteiger partial charge in [0.2, 0.25) is 11.9 Å². The number of nitrogens with one attached hydrogen (secondary N) is 2. The number of pyridine rings is 1. The van der Waals surface area contributed by atoms with E-state index in [1.165, 1.54) is 12.4 Å². The molecule has 2 N–H and O–H groups in total. The third kappa shape index (κ3) is 5.99. The summed E-state index contributed by atoms with van der Waals surface area (Å²) in [7, 11) is 7.58. The van der Waals surface area contributed by atoms with Crippen LogP contribution in [0, 0.1) is 0 Å². The summed E-state index contributed by atoms with van der Waals surface area (Å²) in [5, 5.41) is 7.11. The van der Waals surface area contributed by atoms with Crippen LogP contribution in [0.4, 0.5) is 23.0 Å². The van der Waals surface area contributed by atoms with Gasteiger partial charge in [0, 0.05) is 43.4 Å². The average Bonchev–Trinajstić information content (AvgIpc) is 2.91. The molecule has 0 fully saturated rings. The number of benzene rings is 2. The monoisotopic (exact) mass is 498 g/mol. The summed E-state index contributed by atoms with van der Waals surface area (Å²) in [6.45, 7) is 5.15. The minimum absolute atomic E-state index is 0.315. The van der Waals surface area contributed by atoms with E-state index < -0.39 is 0 Å². The Bertz CT molecular complexity index is 1420. The molecule has 4 aromatic rings. The number of rotatable bonds is 10. The third-order valence-corrected chi connectivity index (χ3v) is 5.75.